The van der Waals surface area contributed by atoms with Crippen molar-refractivity contribution in [3.8, 4) is 0 Å². The van der Waals surface area contributed by atoms with Crippen LogP contribution in [0.3, 0.4) is 0 Å². The monoisotopic (exact) mass is 409 g/mol. The molecule has 0 spiro atoms. The number of hydrogen-bond donors (Lipinski definition) is 3. The first-order valence-electron chi connectivity index (χ1n) is 10.6. The van der Waals surface area contributed by atoms with Crippen LogP contribution in [0.2, 0.25) is 0 Å². The summed E-state index contributed by atoms with van der Waals surface area (Å²) in [6.07, 6.45) is 5.77. The van der Waals surface area contributed by atoms with Crippen molar-refractivity contribution in [1.82, 2.24) is 15.5 Å². The number of rotatable bonds is 6. The predicted octanol–water partition coefficient (Wildman–Crippen LogP) is 1.12. The van der Waals surface area contributed by atoms with E-state index >= 15 is 0 Å². The van der Waals surface area contributed by atoms with Gasteiger partial charge in [-0.3, -0.25) is 14.5 Å². The van der Waals surface area contributed by atoms with E-state index in [4.69, 9.17) is 4.74 Å². The summed E-state index contributed by atoms with van der Waals surface area (Å²) in [5.74, 6) is -1.00. The largest absolute Gasteiger partial charge is 0.467 e. The van der Waals surface area contributed by atoms with Crippen molar-refractivity contribution in [2.24, 2.45) is 17.8 Å². The summed E-state index contributed by atoms with van der Waals surface area (Å²) in [5, 5.41) is 15.0. The maximum Gasteiger partial charge on any atom is 0.407 e. The van der Waals surface area contributed by atoms with Crippen LogP contribution in [-0.2, 0) is 19.1 Å². The lowest BCUT2D eigenvalue weighted by Gasteiger charge is -2.26. The molecule has 3 amide bonds. The number of hydrogen-bond acceptors (Lipinski definition) is 5. The van der Waals surface area contributed by atoms with E-state index in [1.807, 2.05) is 0 Å². The minimum atomic E-state index is -1.12. The number of amides is 3. The number of carbonyl (C=O) groups is 4. The first kappa shape index (κ1) is 21.4. The lowest BCUT2D eigenvalue weighted by molar-refractivity contribution is -0.146. The number of carbonyl (C=O) groups excluding carboxylic acids is 3. The van der Waals surface area contributed by atoms with Gasteiger partial charge < -0.3 is 20.5 Å². The van der Waals surface area contributed by atoms with Crippen LogP contribution in [0.15, 0.2) is 0 Å². The maximum atomic E-state index is 13.0. The highest BCUT2D eigenvalue weighted by Crippen LogP contribution is 2.37. The standard InChI is InChI=1S/C20H31N3O6/c1-29-19(26)15(9-13-7-8-21-17(13)24)22-18(25)16-10-14(11-23(16)20(27)28)12-5-3-2-4-6-12/h12-16H,2-11H2,1H3,(H,21,24)(H,22,25)(H,27,28)/t13-,14+,15?,16-/m0/s1. The van der Waals surface area contributed by atoms with Crippen molar-refractivity contribution in [2.45, 2.75) is 63.5 Å². The number of nitrogens with one attached hydrogen (secondary N) is 2. The molecule has 1 saturated carbocycles. The first-order valence-corrected chi connectivity index (χ1v) is 10.6. The van der Waals surface area contributed by atoms with Crippen LogP contribution in [-0.4, -0.2) is 66.2 Å². The fraction of sp³-hybridized carbons (Fsp3) is 0.800. The van der Waals surface area contributed by atoms with Gasteiger partial charge in [-0.05, 0) is 31.1 Å². The van der Waals surface area contributed by atoms with Gasteiger partial charge in [0, 0.05) is 19.0 Å². The molecule has 3 rings (SSSR count). The van der Waals surface area contributed by atoms with Crippen LogP contribution in [0.5, 0.6) is 0 Å². The van der Waals surface area contributed by atoms with Gasteiger partial charge in [-0.2, -0.15) is 0 Å². The Balaban J connectivity index is 1.67. The number of methoxy groups -OCH3 is 1. The van der Waals surface area contributed by atoms with Crippen LogP contribution in [0, 0.1) is 17.8 Å². The number of carboxylic acid groups (broad SMARTS) is 1. The molecule has 4 atom stereocenters. The molecule has 3 N–H and O–H groups in total. The third kappa shape index (κ3) is 5.00. The fourth-order valence-corrected chi connectivity index (χ4v) is 5.05. The van der Waals surface area contributed by atoms with Gasteiger partial charge in [0.05, 0.1) is 7.11 Å². The summed E-state index contributed by atoms with van der Waals surface area (Å²) < 4.78 is 4.80. The molecule has 1 unspecified atom stereocenters. The minimum absolute atomic E-state index is 0.140. The SMILES string of the molecule is COC(=O)C(C[C@@H]1CCNC1=O)NC(=O)[C@@H]1C[C@@H](C2CCCCC2)CN1C(=O)O. The molecule has 0 bridgehead atoms. The second-order valence-corrected chi connectivity index (χ2v) is 8.44. The van der Waals surface area contributed by atoms with E-state index in [-0.39, 0.29) is 24.2 Å². The Morgan fingerprint density at radius 2 is 1.93 bits per heavy atom. The zero-order chi connectivity index (χ0) is 21.0. The summed E-state index contributed by atoms with van der Waals surface area (Å²) in [7, 11) is 1.23. The van der Waals surface area contributed by atoms with Gasteiger partial charge >= 0.3 is 12.1 Å². The van der Waals surface area contributed by atoms with Gasteiger partial charge in [0.15, 0.2) is 0 Å². The highest BCUT2D eigenvalue weighted by atomic mass is 16.5. The Morgan fingerprint density at radius 1 is 1.21 bits per heavy atom. The molecule has 0 aromatic rings. The summed E-state index contributed by atoms with van der Waals surface area (Å²) >= 11 is 0. The second-order valence-electron chi connectivity index (χ2n) is 8.44. The van der Waals surface area contributed by atoms with E-state index in [1.165, 1.54) is 18.4 Å². The quantitative estimate of drug-likeness (QED) is 0.565. The fourth-order valence-electron chi connectivity index (χ4n) is 5.05. The summed E-state index contributed by atoms with van der Waals surface area (Å²) in [6, 6.07) is -1.78. The Morgan fingerprint density at radius 3 is 2.52 bits per heavy atom. The van der Waals surface area contributed by atoms with Crippen LogP contribution < -0.4 is 10.6 Å². The summed E-state index contributed by atoms with van der Waals surface area (Å²) in [5.41, 5.74) is 0. The van der Waals surface area contributed by atoms with Crippen LogP contribution in [0.4, 0.5) is 4.79 Å². The van der Waals surface area contributed by atoms with Gasteiger partial charge in [0.2, 0.25) is 11.8 Å². The summed E-state index contributed by atoms with van der Waals surface area (Å²) in [4.78, 5) is 49.9. The minimum Gasteiger partial charge on any atom is -0.467 e. The molecule has 1 aliphatic carbocycles. The molecule has 2 heterocycles. The van der Waals surface area contributed by atoms with Crippen molar-refractivity contribution < 1.29 is 29.0 Å². The van der Waals surface area contributed by atoms with Crippen molar-refractivity contribution in [1.29, 1.82) is 0 Å². The summed E-state index contributed by atoms with van der Waals surface area (Å²) in [6.45, 7) is 0.899. The average Bonchev–Trinajstić information content (AvgIpc) is 3.34. The van der Waals surface area contributed by atoms with Crippen molar-refractivity contribution in [3.05, 3.63) is 0 Å². The molecule has 9 nitrogen and oxygen atoms in total. The van der Waals surface area contributed by atoms with E-state index in [9.17, 15) is 24.3 Å². The first-order chi connectivity index (χ1) is 13.9. The molecule has 2 aliphatic heterocycles. The average molecular weight is 409 g/mol. The molecular weight excluding hydrogens is 378 g/mol. The van der Waals surface area contributed by atoms with E-state index in [0.29, 0.717) is 31.8 Å². The Bertz CT molecular complexity index is 648. The van der Waals surface area contributed by atoms with Crippen molar-refractivity contribution in [3.63, 3.8) is 0 Å². The number of ether oxygens (including phenoxy) is 1. The molecule has 0 aromatic heterocycles. The smallest absolute Gasteiger partial charge is 0.407 e. The molecule has 9 heteroatoms. The van der Waals surface area contributed by atoms with Crippen molar-refractivity contribution >= 4 is 23.9 Å². The maximum absolute atomic E-state index is 13.0. The van der Waals surface area contributed by atoms with Crippen LogP contribution in [0.1, 0.15) is 51.4 Å². The second kappa shape index (κ2) is 9.45. The van der Waals surface area contributed by atoms with E-state index in [0.717, 1.165) is 25.7 Å². The van der Waals surface area contributed by atoms with Crippen molar-refractivity contribution in [2.75, 3.05) is 20.2 Å². The lowest BCUT2D eigenvalue weighted by Crippen LogP contribution is -2.51. The third-order valence-corrected chi connectivity index (χ3v) is 6.68. The molecule has 0 radical (unpaired) electrons. The normalized spacial score (nSPS) is 28.7. The molecule has 2 saturated heterocycles. The van der Waals surface area contributed by atoms with Gasteiger partial charge in [0.25, 0.3) is 0 Å². The number of esters is 1. The topological polar surface area (TPSA) is 125 Å². The molecule has 0 aromatic carbocycles. The predicted molar refractivity (Wildman–Crippen MR) is 103 cm³/mol. The molecule has 3 fully saturated rings. The molecular formula is C20H31N3O6. The van der Waals surface area contributed by atoms with E-state index < -0.39 is 30.1 Å². The van der Waals surface area contributed by atoms with Crippen LogP contribution in [0.25, 0.3) is 0 Å². The highest BCUT2D eigenvalue weighted by molar-refractivity contribution is 5.90. The molecule has 3 aliphatic rings. The highest BCUT2D eigenvalue weighted by Gasteiger charge is 2.44. The van der Waals surface area contributed by atoms with Gasteiger partial charge in [-0.1, -0.05) is 32.1 Å². The Kier molecular flexibility index (Phi) is 6.97. The zero-order valence-electron chi connectivity index (χ0n) is 16.9. The number of nitrogens with zero attached hydrogens (tertiary/aromatic N) is 1. The van der Waals surface area contributed by atoms with Gasteiger partial charge in [0.1, 0.15) is 12.1 Å². The van der Waals surface area contributed by atoms with E-state index in [1.54, 1.807) is 0 Å². The van der Waals surface area contributed by atoms with Crippen LogP contribution >= 0.6 is 0 Å². The Hall–Kier alpha value is -2.32. The zero-order valence-corrected chi connectivity index (χ0v) is 16.9. The molecule has 29 heavy (non-hydrogen) atoms. The van der Waals surface area contributed by atoms with E-state index in [2.05, 4.69) is 10.6 Å². The number of likely N-dealkylation sites (tertiary alicyclic amines) is 1. The van der Waals surface area contributed by atoms with Gasteiger partial charge in [-0.25, -0.2) is 9.59 Å². The third-order valence-electron chi connectivity index (χ3n) is 6.68. The molecule has 162 valence electrons. The lowest BCUT2D eigenvalue weighted by atomic mass is 9.79. The van der Waals surface area contributed by atoms with Gasteiger partial charge in [-0.15, -0.1) is 0 Å². The Labute approximate surface area is 170 Å².